The summed E-state index contributed by atoms with van der Waals surface area (Å²) in [5.74, 6) is -1.04. The largest absolute Gasteiger partial charge is 0.508 e. The average molecular weight is 381 g/mol. The quantitative estimate of drug-likeness (QED) is 0.362. The molecule has 2 heterocycles. The summed E-state index contributed by atoms with van der Waals surface area (Å²) in [6.07, 6.45) is 8.91. The van der Waals surface area contributed by atoms with E-state index in [1.54, 1.807) is 24.4 Å². The van der Waals surface area contributed by atoms with Crippen molar-refractivity contribution in [3.8, 4) is 5.75 Å². The number of aromatic amines is 1. The van der Waals surface area contributed by atoms with E-state index in [9.17, 15) is 9.50 Å². The molecule has 0 bridgehead atoms. The maximum Gasteiger partial charge on any atom is 0.213 e. The number of halogens is 1. The monoisotopic (exact) mass is 381 g/mol. The standard InChI is InChI=1S/C19H18FN5O.C2H6/c1-2-3-4-5-15-18(25-19(21)22)17-13(8-9-23-17)16(24-15)12-7-6-11(26)10-14(12)20;1-2/h2-10,16,23,26H,1H3,(H3,21,22);1-2H3/b3-2-,5-4-,25-18-;. The summed E-state index contributed by atoms with van der Waals surface area (Å²) in [6.45, 7) is 5.88. The topological polar surface area (TPSA) is 111 Å². The van der Waals surface area contributed by atoms with Crippen LogP contribution in [-0.2, 0) is 0 Å². The zero-order chi connectivity index (χ0) is 20.7. The van der Waals surface area contributed by atoms with Gasteiger partial charge in [-0.2, -0.15) is 0 Å². The van der Waals surface area contributed by atoms with Gasteiger partial charge in [-0.3, -0.25) is 10.4 Å². The van der Waals surface area contributed by atoms with E-state index in [0.717, 1.165) is 11.6 Å². The summed E-state index contributed by atoms with van der Waals surface area (Å²) in [7, 11) is 0. The first-order valence-corrected chi connectivity index (χ1v) is 8.97. The van der Waals surface area contributed by atoms with Gasteiger partial charge in [0.2, 0.25) is 5.96 Å². The highest BCUT2D eigenvalue weighted by atomic mass is 19.1. The van der Waals surface area contributed by atoms with Gasteiger partial charge in [0.05, 0.1) is 11.4 Å². The Morgan fingerprint density at radius 3 is 2.68 bits per heavy atom. The normalized spacial score (nSPS) is 17.4. The Bertz CT molecular complexity index is 969. The molecule has 1 aliphatic heterocycles. The molecule has 1 aromatic carbocycles. The Labute approximate surface area is 163 Å². The van der Waals surface area contributed by atoms with Crippen LogP contribution in [0.2, 0.25) is 0 Å². The molecule has 146 valence electrons. The lowest BCUT2D eigenvalue weighted by Crippen LogP contribution is -2.25. The Morgan fingerprint density at radius 2 is 2.04 bits per heavy atom. The molecule has 1 aromatic heterocycles. The van der Waals surface area contributed by atoms with Gasteiger partial charge in [-0.1, -0.05) is 32.1 Å². The van der Waals surface area contributed by atoms with Gasteiger partial charge in [-0.25, -0.2) is 9.38 Å². The lowest BCUT2D eigenvalue weighted by atomic mass is 9.92. The molecule has 28 heavy (non-hydrogen) atoms. The van der Waals surface area contributed by atoms with Crippen molar-refractivity contribution in [1.82, 2.24) is 4.98 Å². The fourth-order valence-electron chi connectivity index (χ4n) is 2.80. The number of aliphatic imine (C=N–C) groups is 2. The van der Waals surface area contributed by atoms with Crippen LogP contribution < -0.4 is 5.73 Å². The summed E-state index contributed by atoms with van der Waals surface area (Å²) < 4.78 is 14.4. The minimum atomic E-state index is -0.604. The number of phenolic OH excluding ortho intramolecular Hbond substituents is 1. The van der Waals surface area contributed by atoms with Crippen LogP contribution in [-0.4, -0.2) is 27.5 Å². The second kappa shape index (κ2) is 9.45. The highest BCUT2D eigenvalue weighted by Gasteiger charge is 2.29. The number of nitrogens with zero attached hydrogens (tertiary/aromatic N) is 2. The lowest BCUT2D eigenvalue weighted by Gasteiger charge is -2.22. The predicted molar refractivity (Wildman–Crippen MR) is 112 cm³/mol. The third kappa shape index (κ3) is 4.43. The van der Waals surface area contributed by atoms with Crippen molar-refractivity contribution in [2.45, 2.75) is 26.8 Å². The molecule has 1 aliphatic rings. The van der Waals surface area contributed by atoms with Crippen LogP contribution in [0.4, 0.5) is 4.39 Å². The van der Waals surface area contributed by atoms with E-state index in [4.69, 9.17) is 11.1 Å². The van der Waals surface area contributed by atoms with Crippen molar-refractivity contribution in [2.24, 2.45) is 15.7 Å². The number of aromatic nitrogens is 1. The molecule has 0 fully saturated rings. The van der Waals surface area contributed by atoms with Crippen molar-refractivity contribution in [1.29, 1.82) is 5.41 Å². The summed E-state index contributed by atoms with van der Waals surface area (Å²) >= 11 is 0. The maximum atomic E-state index is 14.4. The minimum absolute atomic E-state index is 0.146. The molecule has 0 radical (unpaired) electrons. The smallest absolute Gasteiger partial charge is 0.213 e. The van der Waals surface area contributed by atoms with Crippen LogP contribution in [0.15, 0.2) is 64.8 Å². The number of H-pyrrole nitrogens is 1. The van der Waals surface area contributed by atoms with E-state index >= 15 is 0 Å². The molecular formula is C21H24FN5O. The van der Waals surface area contributed by atoms with E-state index in [2.05, 4.69) is 15.0 Å². The van der Waals surface area contributed by atoms with Gasteiger partial charge in [0, 0.05) is 23.4 Å². The highest BCUT2D eigenvalue weighted by molar-refractivity contribution is 6.53. The molecule has 2 aromatic rings. The average Bonchev–Trinajstić information content (AvgIpc) is 3.15. The second-order valence-corrected chi connectivity index (χ2v) is 5.66. The van der Waals surface area contributed by atoms with E-state index < -0.39 is 11.9 Å². The first-order chi connectivity index (χ1) is 13.5. The van der Waals surface area contributed by atoms with Crippen LogP contribution in [0.25, 0.3) is 0 Å². The summed E-state index contributed by atoms with van der Waals surface area (Å²) in [5, 5.41) is 17.0. The first kappa shape index (κ1) is 20.8. The molecule has 0 spiro atoms. The van der Waals surface area contributed by atoms with Crippen LogP contribution >= 0.6 is 0 Å². The molecule has 0 amide bonds. The third-order valence-corrected chi connectivity index (χ3v) is 3.89. The molecule has 5 N–H and O–H groups in total. The number of benzene rings is 1. The van der Waals surface area contributed by atoms with E-state index in [1.165, 1.54) is 12.1 Å². The van der Waals surface area contributed by atoms with Crippen molar-refractivity contribution >= 4 is 17.4 Å². The molecule has 0 aliphatic carbocycles. The van der Waals surface area contributed by atoms with Crippen LogP contribution in [0.3, 0.4) is 0 Å². The zero-order valence-electron chi connectivity index (χ0n) is 16.1. The van der Waals surface area contributed by atoms with Gasteiger partial charge < -0.3 is 15.8 Å². The number of hydrogen-bond donors (Lipinski definition) is 4. The Balaban J connectivity index is 0.00000136. The van der Waals surface area contributed by atoms with Crippen LogP contribution in [0, 0.1) is 11.2 Å². The fourth-order valence-corrected chi connectivity index (χ4v) is 2.80. The zero-order valence-corrected chi connectivity index (χ0v) is 16.1. The number of hydrogen-bond acceptors (Lipinski definition) is 3. The number of nitrogens with two attached hydrogens (primary N) is 1. The summed E-state index contributed by atoms with van der Waals surface area (Å²) in [5.41, 5.74) is 8.04. The maximum absolute atomic E-state index is 14.4. The number of phenols is 1. The number of allylic oxidation sites excluding steroid dienone is 4. The molecule has 0 saturated carbocycles. The Morgan fingerprint density at radius 1 is 1.29 bits per heavy atom. The molecule has 0 saturated heterocycles. The van der Waals surface area contributed by atoms with E-state index in [0.29, 0.717) is 22.7 Å². The van der Waals surface area contributed by atoms with Crippen molar-refractivity contribution in [2.75, 3.05) is 0 Å². The van der Waals surface area contributed by atoms with Crippen molar-refractivity contribution < 1.29 is 9.50 Å². The fraction of sp³-hybridized carbons (Fsp3) is 0.190. The van der Waals surface area contributed by atoms with Crippen LogP contribution in [0.1, 0.15) is 43.6 Å². The predicted octanol–water partition coefficient (Wildman–Crippen LogP) is 4.24. The molecule has 7 heteroatoms. The third-order valence-electron chi connectivity index (χ3n) is 3.89. The summed E-state index contributed by atoms with van der Waals surface area (Å²) in [4.78, 5) is 11.8. The summed E-state index contributed by atoms with van der Waals surface area (Å²) in [6, 6.07) is 5.18. The molecule has 1 atom stereocenters. The number of guanidine groups is 1. The highest BCUT2D eigenvalue weighted by Crippen LogP contribution is 2.35. The molecular weight excluding hydrogens is 357 g/mol. The molecule has 1 unspecified atom stereocenters. The van der Waals surface area contributed by atoms with Gasteiger partial charge >= 0.3 is 0 Å². The lowest BCUT2D eigenvalue weighted by molar-refractivity contribution is 0.467. The first-order valence-electron chi connectivity index (χ1n) is 8.97. The minimum Gasteiger partial charge on any atom is -0.508 e. The van der Waals surface area contributed by atoms with Crippen molar-refractivity contribution in [3.63, 3.8) is 0 Å². The van der Waals surface area contributed by atoms with Gasteiger partial charge in [0.15, 0.2) is 0 Å². The van der Waals surface area contributed by atoms with Gasteiger partial charge in [-0.15, -0.1) is 0 Å². The van der Waals surface area contributed by atoms with Gasteiger partial charge in [-0.05, 0) is 31.2 Å². The van der Waals surface area contributed by atoms with Gasteiger partial charge in [0.25, 0.3) is 0 Å². The Kier molecular flexibility index (Phi) is 7.03. The van der Waals surface area contributed by atoms with E-state index in [1.807, 2.05) is 32.9 Å². The SMILES string of the molecule is C/C=C\C=C/C1=NC(c2ccc(O)cc2F)c2cc[nH]c2/C1=N\C(=N)N.CC. The Hall–Kier alpha value is -3.48. The van der Waals surface area contributed by atoms with Crippen LogP contribution in [0.5, 0.6) is 5.75 Å². The number of nitrogens with one attached hydrogen (secondary N) is 2. The van der Waals surface area contributed by atoms with Crippen molar-refractivity contribution in [3.05, 3.63) is 77.4 Å². The number of fused-ring (bicyclic) bond motifs is 1. The van der Waals surface area contributed by atoms with Gasteiger partial charge in [0.1, 0.15) is 23.3 Å². The number of rotatable bonds is 3. The molecule has 6 nitrogen and oxygen atoms in total. The number of aromatic hydroxyl groups is 1. The second-order valence-electron chi connectivity index (χ2n) is 5.66. The molecule has 3 rings (SSSR count). The van der Waals surface area contributed by atoms with E-state index in [-0.39, 0.29) is 11.7 Å².